The fourth-order valence-electron chi connectivity index (χ4n) is 4.56. The zero-order chi connectivity index (χ0) is 21.0. The number of rotatable bonds is 3. The van der Waals surface area contributed by atoms with Gasteiger partial charge in [0.05, 0.1) is 5.56 Å². The summed E-state index contributed by atoms with van der Waals surface area (Å²) in [6.07, 6.45) is 1.08. The first-order valence-electron chi connectivity index (χ1n) is 10.6. The molecule has 0 bridgehead atoms. The van der Waals surface area contributed by atoms with Crippen LogP contribution in [0.25, 0.3) is 44.2 Å². The molecule has 0 unspecified atom stereocenters. The number of fused-ring (bicyclic) bond motifs is 4. The van der Waals surface area contributed by atoms with E-state index < -0.39 is 0 Å². The van der Waals surface area contributed by atoms with E-state index in [2.05, 4.69) is 85.9 Å². The number of benzene rings is 2. The van der Waals surface area contributed by atoms with Crippen molar-refractivity contribution in [1.82, 2.24) is 4.98 Å². The molecule has 0 amide bonds. The van der Waals surface area contributed by atoms with Crippen molar-refractivity contribution < 1.29 is 8.98 Å². The quantitative estimate of drug-likeness (QED) is 0.329. The van der Waals surface area contributed by atoms with Crippen LogP contribution in [-0.4, -0.2) is 4.98 Å². The Balaban J connectivity index is 1.80. The van der Waals surface area contributed by atoms with Crippen LogP contribution in [0.4, 0.5) is 0 Å². The van der Waals surface area contributed by atoms with Gasteiger partial charge >= 0.3 is 0 Å². The van der Waals surface area contributed by atoms with Gasteiger partial charge < -0.3 is 4.42 Å². The van der Waals surface area contributed by atoms with Gasteiger partial charge in [-0.15, -0.1) is 0 Å². The SMILES string of the molecule is Cc1cc(-c2ccc3c(CC(C)C)cccc3[n+]2C)c2oc3nc(C)ccc3c2c1. The van der Waals surface area contributed by atoms with E-state index in [-0.39, 0.29) is 0 Å². The molecule has 0 aliphatic rings. The first kappa shape index (κ1) is 18.8. The van der Waals surface area contributed by atoms with Crippen LogP contribution >= 0.6 is 0 Å². The van der Waals surface area contributed by atoms with Gasteiger partial charge in [0.15, 0.2) is 5.58 Å². The topological polar surface area (TPSA) is 29.9 Å². The van der Waals surface area contributed by atoms with E-state index in [1.165, 1.54) is 22.0 Å². The number of furan rings is 1. The van der Waals surface area contributed by atoms with Gasteiger partial charge in [0.25, 0.3) is 0 Å². The second-order valence-electron chi connectivity index (χ2n) is 8.82. The molecule has 5 rings (SSSR count). The molecule has 0 fully saturated rings. The Morgan fingerprint density at radius 2 is 1.73 bits per heavy atom. The maximum atomic E-state index is 6.29. The van der Waals surface area contributed by atoms with Crippen LogP contribution in [0.2, 0.25) is 0 Å². The summed E-state index contributed by atoms with van der Waals surface area (Å²) in [5, 5.41) is 3.52. The average Bonchev–Trinajstić information content (AvgIpc) is 3.05. The summed E-state index contributed by atoms with van der Waals surface area (Å²) in [6.45, 7) is 8.68. The summed E-state index contributed by atoms with van der Waals surface area (Å²) in [5.41, 5.74) is 8.70. The summed E-state index contributed by atoms with van der Waals surface area (Å²) >= 11 is 0. The van der Waals surface area contributed by atoms with Crippen molar-refractivity contribution in [1.29, 1.82) is 0 Å². The van der Waals surface area contributed by atoms with Gasteiger partial charge in [0.1, 0.15) is 7.05 Å². The molecule has 3 aromatic heterocycles. The number of pyridine rings is 2. The Labute approximate surface area is 177 Å². The van der Waals surface area contributed by atoms with Crippen LogP contribution < -0.4 is 4.57 Å². The summed E-state index contributed by atoms with van der Waals surface area (Å²) in [5.74, 6) is 0.628. The lowest BCUT2D eigenvalue weighted by molar-refractivity contribution is -0.633. The van der Waals surface area contributed by atoms with E-state index in [9.17, 15) is 0 Å². The van der Waals surface area contributed by atoms with Crippen molar-refractivity contribution in [3.05, 3.63) is 71.4 Å². The molecule has 0 aliphatic carbocycles. The molecule has 150 valence electrons. The molecular weight excluding hydrogens is 368 g/mol. The maximum absolute atomic E-state index is 6.29. The lowest BCUT2D eigenvalue weighted by atomic mass is 9.97. The van der Waals surface area contributed by atoms with Gasteiger partial charge in [-0.2, -0.15) is 4.57 Å². The summed E-state index contributed by atoms with van der Waals surface area (Å²) < 4.78 is 8.58. The summed E-state index contributed by atoms with van der Waals surface area (Å²) in [6, 6.07) is 19.7. The highest BCUT2D eigenvalue weighted by Crippen LogP contribution is 2.36. The highest BCUT2D eigenvalue weighted by molar-refractivity contribution is 6.08. The third-order valence-corrected chi connectivity index (χ3v) is 5.93. The summed E-state index contributed by atoms with van der Waals surface area (Å²) in [7, 11) is 2.15. The normalized spacial score (nSPS) is 11.9. The molecule has 0 N–H and O–H groups in total. The van der Waals surface area contributed by atoms with Crippen molar-refractivity contribution in [3.63, 3.8) is 0 Å². The van der Waals surface area contributed by atoms with Crippen LogP contribution in [0.3, 0.4) is 0 Å². The van der Waals surface area contributed by atoms with Crippen LogP contribution in [-0.2, 0) is 13.5 Å². The van der Waals surface area contributed by atoms with Crippen LogP contribution in [0, 0.1) is 19.8 Å². The highest BCUT2D eigenvalue weighted by Gasteiger charge is 2.21. The Kier molecular flexibility index (Phi) is 4.35. The van der Waals surface area contributed by atoms with Crippen LogP contribution in [0.5, 0.6) is 0 Å². The molecule has 3 heterocycles. The van der Waals surface area contributed by atoms with Crippen LogP contribution in [0.1, 0.15) is 30.7 Å². The minimum absolute atomic E-state index is 0.628. The van der Waals surface area contributed by atoms with E-state index in [0.717, 1.165) is 39.7 Å². The lowest BCUT2D eigenvalue weighted by Crippen LogP contribution is -2.32. The third-order valence-electron chi connectivity index (χ3n) is 5.93. The zero-order valence-electron chi connectivity index (χ0n) is 18.3. The zero-order valence-corrected chi connectivity index (χ0v) is 18.3. The third kappa shape index (κ3) is 2.97. The first-order chi connectivity index (χ1) is 14.4. The molecule has 0 spiro atoms. The molecule has 3 nitrogen and oxygen atoms in total. The van der Waals surface area contributed by atoms with Crippen molar-refractivity contribution in [3.8, 4) is 11.3 Å². The number of nitrogens with zero attached hydrogens (tertiary/aromatic N) is 2. The number of aromatic nitrogens is 2. The van der Waals surface area contributed by atoms with Gasteiger partial charge in [-0.3, -0.25) is 0 Å². The Bertz CT molecular complexity index is 1430. The second kappa shape index (κ2) is 6.94. The molecule has 2 aromatic carbocycles. The standard InChI is InChI=1S/C27H27N2O/c1-16(2)13-19-7-6-8-24-20(19)11-12-25(29(24)5)23-15-17(3)14-22-21-10-9-18(4)28-27(21)30-26(22)23/h6-12,14-16H,13H2,1-5H3/q+1. The van der Waals surface area contributed by atoms with Gasteiger partial charge in [0, 0.05) is 34.0 Å². The molecule has 0 saturated carbocycles. The smallest absolute Gasteiger partial charge is 0.227 e. The number of hydrogen-bond acceptors (Lipinski definition) is 2. The molecule has 5 aromatic rings. The summed E-state index contributed by atoms with van der Waals surface area (Å²) in [4.78, 5) is 4.62. The van der Waals surface area contributed by atoms with E-state index in [4.69, 9.17) is 4.42 Å². The van der Waals surface area contributed by atoms with Crippen molar-refractivity contribution in [2.75, 3.05) is 0 Å². The van der Waals surface area contributed by atoms with Crippen molar-refractivity contribution in [2.45, 2.75) is 34.1 Å². The molecule has 0 atom stereocenters. The minimum Gasteiger partial charge on any atom is -0.437 e. The molecule has 0 aliphatic heterocycles. The van der Waals surface area contributed by atoms with E-state index in [1.54, 1.807) is 0 Å². The van der Waals surface area contributed by atoms with E-state index in [1.807, 2.05) is 13.0 Å². The van der Waals surface area contributed by atoms with Crippen LogP contribution in [0.15, 0.2) is 59.0 Å². The highest BCUT2D eigenvalue weighted by atomic mass is 16.3. The monoisotopic (exact) mass is 395 g/mol. The second-order valence-corrected chi connectivity index (χ2v) is 8.82. The fourth-order valence-corrected chi connectivity index (χ4v) is 4.56. The molecule has 0 saturated heterocycles. The average molecular weight is 396 g/mol. The minimum atomic E-state index is 0.628. The lowest BCUT2D eigenvalue weighted by Gasteiger charge is -2.10. The van der Waals surface area contributed by atoms with Crippen molar-refractivity contribution in [2.24, 2.45) is 13.0 Å². The molecule has 0 radical (unpaired) electrons. The Morgan fingerprint density at radius 1 is 0.933 bits per heavy atom. The Morgan fingerprint density at radius 3 is 2.53 bits per heavy atom. The number of aryl methyl sites for hydroxylation is 3. The van der Waals surface area contributed by atoms with Gasteiger partial charge in [-0.05, 0) is 67.6 Å². The fraction of sp³-hybridized carbons (Fsp3) is 0.259. The maximum Gasteiger partial charge on any atom is 0.227 e. The van der Waals surface area contributed by atoms with E-state index in [0.29, 0.717) is 11.6 Å². The Hall–Kier alpha value is -3.20. The predicted octanol–water partition coefficient (Wildman–Crippen LogP) is 6.44. The predicted molar refractivity (Wildman–Crippen MR) is 124 cm³/mol. The molecule has 3 heteroatoms. The molecular formula is C27H27N2O+. The largest absolute Gasteiger partial charge is 0.437 e. The van der Waals surface area contributed by atoms with E-state index >= 15 is 0 Å². The van der Waals surface area contributed by atoms with Gasteiger partial charge in [-0.1, -0.05) is 26.0 Å². The molecule has 30 heavy (non-hydrogen) atoms. The number of hydrogen-bond donors (Lipinski definition) is 0. The van der Waals surface area contributed by atoms with Gasteiger partial charge in [-0.25, -0.2) is 4.98 Å². The first-order valence-corrected chi connectivity index (χ1v) is 10.6. The van der Waals surface area contributed by atoms with Gasteiger partial charge in [0.2, 0.25) is 16.9 Å². The van der Waals surface area contributed by atoms with Crippen molar-refractivity contribution >= 4 is 33.0 Å².